The molecule has 1 aliphatic rings. The fraction of sp³-hybridized carbons (Fsp3) is 0.571. The number of benzene rings is 1. The second-order valence-corrected chi connectivity index (χ2v) is 5.16. The molecule has 100 valence electrons. The van der Waals surface area contributed by atoms with Crippen molar-refractivity contribution in [3.8, 4) is 0 Å². The average molecular weight is 269 g/mol. The van der Waals surface area contributed by atoms with E-state index in [0.717, 1.165) is 43.3 Å². The SMILES string of the molecule is CCN1CCN(C(CO)c2cccc(Cl)c2)CC1. The van der Waals surface area contributed by atoms with Gasteiger partial charge in [0.25, 0.3) is 0 Å². The molecule has 0 aliphatic carbocycles. The van der Waals surface area contributed by atoms with E-state index in [2.05, 4.69) is 16.7 Å². The lowest BCUT2D eigenvalue weighted by Gasteiger charge is -2.38. The van der Waals surface area contributed by atoms with E-state index in [-0.39, 0.29) is 12.6 Å². The summed E-state index contributed by atoms with van der Waals surface area (Å²) in [5.41, 5.74) is 1.11. The summed E-state index contributed by atoms with van der Waals surface area (Å²) in [6.07, 6.45) is 0. The number of aliphatic hydroxyl groups is 1. The third kappa shape index (κ3) is 3.23. The molecule has 0 amide bonds. The van der Waals surface area contributed by atoms with Crippen LogP contribution < -0.4 is 0 Å². The van der Waals surface area contributed by atoms with Crippen molar-refractivity contribution in [2.24, 2.45) is 0 Å². The zero-order valence-electron chi connectivity index (χ0n) is 10.8. The molecular formula is C14H21ClN2O. The third-order valence-corrected chi connectivity index (χ3v) is 3.94. The van der Waals surface area contributed by atoms with E-state index < -0.39 is 0 Å². The summed E-state index contributed by atoms with van der Waals surface area (Å²) >= 11 is 6.02. The van der Waals surface area contributed by atoms with Crippen LogP contribution in [0.15, 0.2) is 24.3 Å². The standard InChI is InChI=1S/C14H21ClN2O/c1-2-16-6-8-17(9-7-16)14(11-18)12-4-3-5-13(15)10-12/h3-5,10,14,18H,2,6-9,11H2,1H3. The van der Waals surface area contributed by atoms with Crippen LogP contribution in [0.25, 0.3) is 0 Å². The summed E-state index contributed by atoms with van der Waals surface area (Å²) < 4.78 is 0. The van der Waals surface area contributed by atoms with E-state index >= 15 is 0 Å². The zero-order valence-corrected chi connectivity index (χ0v) is 11.6. The second-order valence-electron chi connectivity index (χ2n) is 4.72. The molecule has 0 radical (unpaired) electrons. The lowest BCUT2D eigenvalue weighted by atomic mass is 10.1. The van der Waals surface area contributed by atoms with Gasteiger partial charge in [0.15, 0.2) is 0 Å². The smallest absolute Gasteiger partial charge is 0.0628 e. The van der Waals surface area contributed by atoms with E-state index in [1.807, 2.05) is 24.3 Å². The van der Waals surface area contributed by atoms with Gasteiger partial charge in [-0.1, -0.05) is 30.7 Å². The minimum Gasteiger partial charge on any atom is -0.394 e. The zero-order chi connectivity index (χ0) is 13.0. The third-order valence-electron chi connectivity index (χ3n) is 3.70. The van der Waals surface area contributed by atoms with Crippen molar-refractivity contribution in [1.82, 2.24) is 9.80 Å². The van der Waals surface area contributed by atoms with Gasteiger partial charge in [-0.05, 0) is 24.2 Å². The lowest BCUT2D eigenvalue weighted by Crippen LogP contribution is -2.48. The van der Waals surface area contributed by atoms with E-state index in [1.165, 1.54) is 0 Å². The largest absolute Gasteiger partial charge is 0.394 e. The average Bonchev–Trinajstić information content (AvgIpc) is 2.40. The van der Waals surface area contributed by atoms with E-state index in [1.54, 1.807) is 0 Å². The summed E-state index contributed by atoms with van der Waals surface area (Å²) in [5, 5.41) is 10.4. The molecule has 4 heteroatoms. The molecule has 1 fully saturated rings. The minimum atomic E-state index is 0.0720. The topological polar surface area (TPSA) is 26.7 Å². The Kier molecular flexibility index (Phi) is 5.01. The molecule has 0 bridgehead atoms. The number of halogens is 1. The highest BCUT2D eigenvalue weighted by Gasteiger charge is 2.23. The molecule has 1 saturated heterocycles. The molecule has 1 unspecified atom stereocenters. The van der Waals surface area contributed by atoms with Crippen molar-refractivity contribution in [1.29, 1.82) is 0 Å². The Labute approximate surface area is 114 Å². The van der Waals surface area contributed by atoms with Gasteiger partial charge >= 0.3 is 0 Å². The Balaban J connectivity index is 2.05. The summed E-state index contributed by atoms with van der Waals surface area (Å²) in [4.78, 5) is 4.78. The van der Waals surface area contributed by atoms with Crippen LogP contribution in [0, 0.1) is 0 Å². The van der Waals surface area contributed by atoms with Gasteiger partial charge in [0.2, 0.25) is 0 Å². The van der Waals surface area contributed by atoms with Crippen molar-refractivity contribution >= 4 is 11.6 Å². The fourth-order valence-electron chi connectivity index (χ4n) is 2.54. The van der Waals surface area contributed by atoms with Crippen LogP contribution in [0.3, 0.4) is 0 Å². The van der Waals surface area contributed by atoms with E-state index in [4.69, 9.17) is 11.6 Å². The Bertz CT molecular complexity index is 378. The number of rotatable bonds is 4. The number of aliphatic hydroxyl groups excluding tert-OH is 1. The maximum atomic E-state index is 9.65. The first kappa shape index (κ1) is 13.8. The van der Waals surface area contributed by atoms with Gasteiger partial charge in [0, 0.05) is 31.2 Å². The van der Waals surface area contributed by atoms with Crippen molar-refractivity contribution in [2.75, 3.05) is 39.3 Å². The summed E-state index contributed by atoms with van der Waals surface area (Å²) in [5.74, 6) is 0. The highest BCUT2D eigenvalue weighted by Crippen LogP contribution is 2.24. The van der Waals surface area contributed by atoms with Gasteiger partial charge in [-0.25, -0.2) is 0 Å². The number of hydrogen-bond acceptors (Lipinski definition) is 3. The molecule has 1 aromatic rings. The van der Waals surface area contributed by atoms with Crippen LogP contribution in [-0.2, 0) is 0 Å². The van der Waals surface area contributed by atoms with Crippen LogP contribution in [-0.4, -0.2) is 54.2 Å². The lowest BCUT2D eigenvalue weighted by molar-refractivity contribution is 0.0672. The first-order valence-electron chi connectivity index (χ1n) is 6.57. The Morgan fingerprint density at radius 1 is 1.28 bits per heavy atom. The maximum absolute atomic E-state index is 9.65. The number of piperazine rings is 1. The maximum Gasteiger partial charge on any atom is 0.0628 e. The van der Waals surface area contributed by atoms with Crippen molar-refractivity contribution in [3.05, 3.63) is 34.9 Å². The second kappa shape index (κ2) is 6.53. The molecule has 0 saturated carbocycles. The number of likely N-dealkylation sites (N-methyl/N-ethyl adjacent to an activating group) is 1. The first-order valence-corrected chi connectivity index (χ1v) is 6.95. The minimum absolute atomic E-state index is 0.0720. The highest BCUT2D eigenvalue weighted by molar-refractivity contribution is 6.30. The molecule has 1 heterocycles. The summed E-state index contributed by atoms with van der Waals surface area (Å²) in [6, 6.07) is 7.88. The van der Waals surface area contributed by atoms with Crippen molar-refractivity contribution < 1.29 is 5.11 Å². The van der Waals surface area contributed by atoms with Crippen LogP contribution in [0.4, 0.5) is 0 Å². The van der Waals surface area contributed by atoms with Crippen LogP contribution >= 0.6 is 11.6 Å². The Hall–Kier alpha value is -0.610. The monoisotopic (exact) mass is 268 g/mol. The molecular weight excluding hydrogens is 248 g/mol. The Morgan fingerprint density at radius 2 is 2.00 bits per heavy atom. The van der Waals surface area contributed by atoms with Crippen molar-refractivity contribution in [3.63, 3.8) is 0 Å². The molecule has 1 N–H and O–H groups in total. The normalized spacial score (nSPS) is 19.9. The Morgan fingerprint density at radius 3 is 2.56 bits per heavy atom. The van der Waals surface area contributed by atoms with Gasteiger partial charge in [-0.15, -0.1) is 0 Å². The highest BCUT2D eigenvalue weighted by atomic mass is 35.5. The van der Waals surface area contributed by atoms with Gasteiger partial charge < -0.3 is 10.0 Å². The summed E-state index contributed by atoms with van der Waals surface area (Å²) in [7, 11) is 0. The predicted octanol–water partition coefficient (Wildman–Crippen LogP) is 2.01. The molecule has 0 aromatic heterocycles. The number of nitrogens with zero attached hydrogens (tertiary/aromatic N) is 2. The number of hydrogen-bond donors (Lipinski definition) is 1. The molecule has 1 aliphatic heterocycles. The van der Waals surface area contributed by atoms with E-state index in [0.29, 0.717) is 0 Å². The molecule has 1 aromatic carbocycles. The molecule has 2 rings (SSSR count). The van der Waals surface area contributed by atoms with Crippen LogP contribution in [0.2, 0.25) is 5.02 Å². The van der Waals surface area contributed by atoms with Crippen LogP contribution in [0.1, 0.15) is 18.5 Å². The fourth-order valence-corrected chi connectivity index (χ4v) is 2.74. The van der Waals surface area contributed by atoms with Gasteiger partial charge in [-0.3, -0.25) is 4.90 Å². The van der Waals surface area contributed by atoms with E-state index in [9.17, 15) is 5.11 Å². The van der Waals surface area contributed by atoms with Gasteiger partial charge in [0.1, 0.15) is 0 Å². The molecule has 3 nitrogen and oxygen atoms in total. The van der Waals surface area contributed by atoms with Gasteiger partial charge in [-0.2, -0.15) is 0 Å². The summed E-state index contributed by atoms with van der Waals surface area (Å²) in [6.45, 7) is 7.61. The predicted molar refractivity (Wildman–Crippen MR) is 75.0 cm³/mol. The molecule has 0 spiro atoms. The first-order chi connectivity index (χ1) is 8.74. The quantitative estimate of drug-likeness (QED) is 0.905. The molecule has 1 atom stereocenters. The van der Waals surface area contributed by atoms with Crippen molar-refractivity contribution in [2.45, 2.75) is 13.0 Å². The van der Waals surface area contributed by atoms with Gasteiger partial charge in [0.05, 0.1) is 12.6 Å². The van der Waals surface area contributed by atoms with Crippen LogP contribution in [0.5, 0.6) is 0 Å². The molecule has 18 heavy (non-hydrogen) atoms.